The maximum Gasteiger partial charge on any atom is 0.188 e. The van der Waals surface area contributed by atoms with Gasteiger partial charge >= 0.3 is 0 Å². The van der Waals surface area contributed by atoms with E-state index in [1.165, 1.54) is 6.92 Å². The fraction of sp³-hybridized carbons (Fsp3) is 0.929. The molecular formula is C14H28O8S. The normalized spacial score (nSPS) is 12.5. The van der Waals surface area contributed by atoms with Gasteiger partial charge in [-0.05, 0) is 0 Å². The molecule has 23 heavy (non-hydrogen) atoms. The van der Waals surface area contributed by atoms with Crippen molar-refractivity contribution in [3.8, 4) is 0 Å². The lowest BCUT2D eigenvalue weighted by Gasteiger charge is -2.09. The van der Waals surface area contributed by atoms with E-state index in [2.05, 4.69) is 0 Å². The fourth-order valence-electron chi connectivity index (χ4n) is 1.35. The summed E-state index contributed by atoms with van der Waals surface area (Å²) in [4.78, 5) is 10.7. The van der Waals surface area contributed by atoms with E-state index in [9.17, 15) is 9.90 Å². The quantitative estimate of drug-likeness (QED) is 0.267. The first-order valence-electron chi connectivity index (χ1n) is 7.51. The zero-order valence-corrected chi connectivity index (χ0v) is 14.4. The van der Waals surface area contributed by atoms with Gasteiger partial charge in [0.1, 0.15) is 5.44 Å². The van der Waals surface area contributed by atoms with Crippen LogP contribution in [0.1, 0.15) is 6.92 Å². The molecule has 0 spiro atoms. The van der Waals surface area contributed by atoms with Crippen LogP contribution in [0, 0.1) is 0 Å². The summed E-state index contributed by atoms with van der Waals surface area (Å²) in [5.74, 6) is 0. The summed E-state index contributed by atoms with van der Waals surface area (Å²) in [5.41, 5.74) is -0.829. The predicted molar refractivity (Wildman–Crippen MR) is 85.5 cm³/mol. The van der Waals surface area contributed by atoms with Gasteiger partial charge in [-0.3, -0.25) is 4.79 Å². The van der Waals surface area contributed by atoms with Crippen molar-refractivity contribution >= 4 is 16.9 Å². The smallest absolute Gasteiger partial charge is 0.188 e. The third kappa shape index (κ3) is 19.7. The van der Waals surface area contributed by atoms with Gasteiger partial charge in [0, 0.05) is 6.92 Å². The van der Waals surface area contributed by atoms with Crippen molar-refractivity contribution in [3.63, 3.8) is 0 Å². The van der Waals surface area contributed by atoms with Crippen molar-refractivity contribution < 1.29 is 38.7 Å². The van der Waals surface area contributed by atoms with Crippen LogP contribution in [-0.2, 0) is 28.5 Å². The number of hydrogen-bond acceptors (Lipinski definition) is 9. The van der Waals surface area contributed by atoms with E-state index in [1.54, 1.807) is 0 Å². The Morgan fingerprint density at radius 2 is 1.22 bits per heavy atom. The van der Waals surface area contributed by atoms with Crippen LogP contribution in [0.15, 0.2) is 0 Å². The standard InChI is InChI=1S/C14H28O8S/c1-13(16)23-14(17)12-22-11-10-21-9-8-20-7-6-19-5-4-18-3-2-15/h14-15,17H,2-12H2,1H3. The van der Waals surface area contributed by atoms with Crippen molar-refractivity contribution in [1.29, 1.82) is 0 Å². The minimum Gasteiger partial charge on any atom is -0.394 e. The van der Waals surface area contributed by atoms with Gasteiger partial charge in [0.15, 0.2) is 5.12 Å². The van der Waals surface area contributed by atoms with Crippen molar-refractivity contribution in [1.82, 2.24) is 0 Å². The molecule has 0 rings (SSSR count). The van der Waals surface area contributed by atoms with Crippen LogP contribution in [-0.4, -0.2) is 93.4 Å². The Bertz CT molecular complexity index is 267. The van der Waals surface area contributed by atoms with Gasteiger partial charge in [0.25, 0.3) is 0 Å². The molecule has 0 aliphatic rings. The van der Waals surface area contributed by atoms with Crippen molar-refractivity contribution in [3.05, 3.63) is 0 Å². The maximum atomic E-state index is 10.7. The van der Waals surface area contributed by atoms with E-state index in [4.69, 9.17) is 28.8 Å². The molecule has 0 radical (unpaired) electrons. The number of hydrogen-bond donors (Lipinski definition) is 2. The van der Waals surface area contributed by atoms with E-state index in [0.717, 1.165) is 11.8 Å². The van der Waals surface area contributed by atoms with Crippen LogP contribution in [0.4, 0.5) is 0 Å². The largest absolute Gasteiger partial charge is 0.394 e. The van der Waals surface area contributed by atoms with E-state index < -0.39 is 5.44 Å². The Labute approximate surface area is 141 Å². The number of carbonyl (C=O) groups is 1. The van der Waals surface area contributed by atoms with Gasteiger partial charge < -0.3 is 33.9 Å². The topological polar surface area (TPSA) is 104 Å². The number of aliphatic hydroxyl groups excluding tert-OH is 2. The molecule has 0 amide bonds. The summed E-state index contributed by atoms with van der Waals surface area (Å²) >= 11 is 0.841. The molecule has 138 valence electrons. The highest BCUT2D eigenvalue weighted by Gasteiger charge is 2.07. The zero-order chi connectivity index (χ0) is 17.2. The minimum atomic E-state index is -0.829. The van der Waals surface area contributed by atoms with Crippen LogP contribution in [0.5, 0.6) is 0 Å². The highest BCUT2D eigenvalue weighted by Crippen LogP contribution is 2.08. The highest BCUT2D eigenvalue weighted by molar-refractivity contribution is 8.13. The molecule has 9 heteroatoms. The van der Waals surface area contributed by atoms with Crippen molar-refractivity contribution in [2.24, 2.45) is 0 Å². The third-order valence-electron chi connectivity index (χ3n) is 2.29. The molecule has 8 nitrogen and oxygen atoms in total. The summed E-state index contributed by atoms with van der Waals surface area (Å²) in [5, 5.41) is 17.7. The summed E-state index contributed by atoms with van der Waals surface area (Å²) in [6.45, 7) is 5.42. The average Bonchev–Trinajstić information content (AvgIpc) is 2.50. The lowest BCUT2D eigenvalue weighted by Crippen LogP contribution is -2.16. The number of aliphatic hydroxyl groups is 2. The number of rotatable bonds is 17. The fourth-order valence-corrected chi connectivity index (χ4v) is 1.90. The average molecular weight is 356 g/mol. The first kappa shape index (κ1) is 22.7. The molecule has 0 saturated heterocycles. The molecule has 0 aromatic carbocycles. The summed E-state index contributed by atoms with van der Waals surface area (Å²) in [6, 6.07) is 0. The summed E-state index contributed by atoms with van der Waals surface area (Å²) < 4.78 is 26.0. The minimum absolute atomic E-state index is 0.0200. The predicted octanol–water partition coefficient (Wildman–Crippen LogP) is -0.340. The van der Waals surface area contributed by atoms with Crippen molar-refractivity contribution in [2.75, 3.05) is 72.7 Å². The lowest BCUT2D eigenvalue weighted by molar-refractivity contribution is -0.109. The van der Waals surface area contributed by atoms with E-state index in [-0.39, 0.29) is 18.3 Å². The van der Waals surface area contributed by atoms with Crippen molar-refractivity contribution in [2.45, 2.75) is 12.4 Å². The number of ether oxygens (including phenoxy) is 5. The Kier molecular flexibility index (Phi) is 17.9. The molecular weight excluding hydrogens is 328 g/mol. The molecule has 2 N–H and O–H groups in total. The Morgan fingerprint density at radius 1 is 0.826 bits per heavy atom. The third-order valence-corrected chi connectivity index (χ3v) is 3.03. The van der Waals surface area contributed by atoms with Gasteiger partial charge in [0.2, 0.25) is 0 Å². The van der Waals surface area contributed by atoms with Gasteiger partial charge in [-0.25, -0.2) is 0 Å². The Morgan fingerprint density at radius 3 is 1.61 bits per heavy atom. The molecule has 0 saturated carbocycles. The molecule has 0 aromatic rings. The molecule has 0 aliphatic heterocycles. The molecule has 0 heterocycles. The second-order valence-corrected chi connectivity index (χ2v) is 5.67. The second-order valence-electron chi connectivity index (χ2n) is 4.31. The van der Waals surface area contributed by atoms with Crippen LogP contribution < -0.4 is 0 Å². The van der Waals surface area contributed by atoms with Crippen LogP contribution in [0.2, 0.25) is 0 Å². The zero-order valence-electron chi connectivity index (χ0n) is 13.6. The van der Waals surface area contributed by atoms with Gasteiger partial charge in [0.05, 0.1) is 72.7 Å². The number of carbonyl (C=O) groups excluding carboxylic acids is 1. The second kappa shape index (κ2) is 18.1. The maximum absolute atomic E-state index is 10.7. The Hall–Kier alpha value is -0.260. The molecule has 1 unspecified atom stereocenters. The number of thioether (sulfide) groups is 1. The SMILES string of the molecule is CC(=O)SC(O)COCCOCCOCCOCCOCCO. The molecule has 0 bridgehead atoms. The molecule has 0 aromatic heterocycles. The van der Waals surface area contributed by atoms with E-state index in [0.29, 0.717) is 59.5 Å². The highest BCUT2D eigenvalue weighted by atomic mass is 32.2. The molecule has 0 aliphatic carbocycles. The van der Waals surface area contributed by atoms with E-state index in [1.807, 2.05) is 0 Å². The summed E-state index contributed by atoms with van der Waals surface area (Å²) in [6.07, 6.45) is 0. The van der Waals surface area contributed by atoms with Gasteiger partial charge in [-0.1, -0.05) is 11.8 Å². The summed E-state index contributed by atoms with van der Waals surface area (Å²) in [7, 11) is 0. The first-order valence-corrected chi connectivity index (χ1v) is 8.39. The van der Waals surface area contributed by atoms with Crippen LogP contribution in [0.3, 0.4) is 0 Å². The first-order chi connectivity index (χ1) is 11.2. The van der Waals surface area contributed by atoms with Crippen LogP contribution in [0.25, 0.3) is 0 Å². The lowest BCUT2D eigenvalue weighted by atomic mass is 10.7. The Balaban J connectivity index is 3.06. The van der Waals surface area contributed by atoms with E-state index >= 15 is 0 Å². The van der Waals surface area contributed by atoms with Crippen LogP contribution >= 0.6 is 11.8 Å². The molecule has 0 fully saturated rings. The molecule has 1 atom stereocenters. The monoisotopic (exact) mass is 356 g/mol. The van der Waals surface area contributed by atoms with Gasteiger partial charge in [-0.2, -0.15) is 0 Å². The van der Waals surface area contributed by atoms with Gasteiger partial charge in [-0.15, -0.1) is 0 Å².